The first-order valence-electron chi connectivity index (χ1n) is 10.4. The zero-order chi connectivity index (χ0) is 18.8. The van der Waals surface area contributed by atoms with Crippen molar-refractivity contribution in [1.82, 2.24) is 4.90 Å². The zero-order valence-electron chi connectivity index (χ0n) is 17.4. The van der Waals surface area contributed by atoms with Crippen molar-refractivity contribution < 1.29 is 4.79 Å². The molecule has 3 saturated carbocycles. The lowest BCUT2D eigenvalue weighted by atomic mass is 9.47. The summed E-state index contributed by atoms with van der Waals surface area (Å²) in [6.45, 7) is 13.8. The van der Waals surface area contributed by atoms with Gasteiger partial charge in [-0.15, -0.1) is 6.58 Å². The van der Waals surface area contributed by atoms with E-state index in [9.17, 15) is 0 Å². The van der Waals surface area contributed by atoms with Crippen molar-refractivity contribution in [3.05, 3.63) is 12.7 Å². The van der Waals surface area contributed by atoms with Crippen LogP contribution in [0.25, 0.3) is 0 Å². The van der Waals surface area contributed by atoms with Crippen molar-refractivity contribution in [2.24, 2.45) is 34.5 Å². The number of hydrogen-bond donors (Lipinski definition) is 0. The molecule has 2 heteroatoms. The van der Waals surface area contributed by atoms with Gasteiger partial charge in [-0.3, -0.25) is 0 Å². The van der Waals surface area contributed by atoms with E-state index in [2.05, 4.69) is 52.4 Å². The molecule has 7 unspecified atom stereocenters. The molecule has 0 radical (unpaired) electrons. The van der Waals surface area contributed by atoms with E-state index in [0.29, 0.717) is 10.8 Å². The summed E-state index contributed by atoms with van der Waals surface area (Å²) in [5.41, 5.74) is 1.12. The van der Waals surface area contributed by atoms with Crippen LogP contribution < -0.4 is 0 Å². The lowest BCUT2D eigenvalue weighted by Gasteiger charge is -2.60. The summed E-state index contributed by atoms with van der Waals surface area (Å²) in [5, 5.41) is 0. The van der Waals surface area contributed by atoms with E-state index < -0.39 is 0 Å². The summed E-state index contributed by atoms with van der Waals surface area (Å²) in [4.78, 5) is 10.5. The number of hydrogen-bond acceptors (Lipinski definition) is 2. The second-order valence-corrected chi connectivity index (χ2v) is 9.79. The van der Waals surface area contributed by atoms with Gasteiger partial charge in [0.05, 0.1) is 0 Å². The van der Waals surface area contributed by atoms with E-state index in [1.807, 2.05) is 6.79 Å². The standard InChI is InChI=1S/C22H39N.CH2O/c1-7-8-14-22(4)19-13-15-21(3)16(2)9-11-18(21)17(19)10-12-20(22)23(5)6;1-2/h7,16-20H,1,8-15H2,2-6H3;1H2. The summed E-state index contributed by atoms with van der Waals surface area (Å²) in [6.07, 6.45) is 13.5. The fourth-order valence-corrected chi connectivity index (χ4v) is 7.31. The Kier molecular flexibility index (Phi) is 6.57. The van der Waals surface area contributed by atoms with Gasteiger partial charge in [-0.25, -0.2) is 0 Å². The Morgan fingerprint density at radius 3 is 2.32 bits per heavy atom. The van der Waals surface area contributed by atoms with Crippen LogP contribution in [0.4, 0.5) is 0 Å². The number of carbonyl (C=O) groups excluding carboxylic acids is 1. The van der Waals surface area contributed by atoms with Crippen LogP contribution in [0, 0.1) is 34.5 Å². The average Bonchev–Trinajstić information content (AvgIpc) is 2.90. The molecular formula is C23H41NO. The first kappa shape index (κ1) is 20.7. The first-order valence-corrected chi connectivity index (χ1v) is 10.4. The van der Waals surface area contributed by atoms with Crippen LogP contribution >= 0.6 is 0 Å². The third-order valence-electron chi connectivity index (χ3n) is 8.80. The molecule has 0 aliphatic heterocycles. The van der Waals surface area contributed by atoms with Crippen LogP contribution in [0.1, 0.15) is 72.1 Å². The molecule has 3 aliphatic rings. The average molecular weight is 348 g/mol. The quantitative estimate of drug-likeness (QED) is 0.619. The highest BCUT2D eigenvalue weighted by atomic mass is 16.1. The molecule has 0 heterocycles. The van der Waals surface area contributed by atoms with E-state index in [0.717, 1.165) is 29.7 Å². The van der Waals surface area contributed by atoms with Gasteiger partial charge in [-0.2, -0.15) is 0 Å². The minimum absolute atomic E-state index is 0.480. The van der Waals surface area contributed by atoms with Gasteiger partial charge >= 0.3 is 0 Å². The molecule has 0 amide bonds. The van der Waals surface area contributed by atoms with E-state index in [1.54, 1.807) is 0 Å². The molecule has 3 aliphatic carbocycles. The molecular weight excluding hydrogens is 306 g/mol. The Hall–Kier alpha value is -0.630. The molecule has 0 spiro atoms. The molecule has 0 bridgehead atoms. The number of rotatable bonds is 4. The number of carbonyl (C=O) groups is 1. The van der Waals surface area contributed by atoms with E-state index >= 15 is 0 Å². The third kappa shape index (κ3) is 3.36. The number of allylic oxidation sites excluding steroid dienone is 1. The van der Waals surface area contributed by atoms with E-state index in [4.69, 9.17) is 4.79 Å². The fraction of sp³-hybridized carbons (Fsp3) is 0.870. The Morgan fingerprint density at radius 2 is 1.72 bits per heavy atom. The molecule has 0 aromatic carbocycles. The van der Waals surface area contributed by atoms with Crippen molar-refractivity contribution in [2.75, 3.05) is 14.1 Å². The smallest absolute Gasteiger partial charge is 0.106 e. The maximum atomic E-state index is 8.00. The minimum Gasteiger partial charge on any atom is -0.307 e. The van der Waals surface area contributed by atoms with Gasteiger partial charge in [-0.1, -0.05) is 26.8 Å². The molecule has 3 fully saturated rings. The molecule has 0 aromatic heterocycles. The van der Waals surface area contributed by atoms with E-state index in [-0.39, 0.29) is 0 Å². The van der Waals surface area contributed by atoms with Crippen LogP contribution in [0.2, 0.25) is 0 Å². The SMILES string of the molecule is C=CCCC1(C)C2CCC3(C)C(C)CCC3C2CCC1N(C)C.C=O. The molecule has 0 aromatic rings. The molecule has 7 atom stereocenters. The van der Waals surface area contributed by atoms with Crippen molar-refractivity contribution in [3.8, 4) is 0 Å². The lowest BCUT2D eigenvalue weighted by molar-refractivity contribution is -0.103. The Labute approximate surface area is 156 Å². The van der Waals surface area contributed by atoms with Crippen LogP contribution in [0.15, 0.2) is 12.7 Å². The maximum Gasteiger partial charge on any atom is 0.106 e. The largest absolute Gasteiger partial charge is 0.307 e. The lowest BCUT2D eigenvalue weighted by Crippen LogP contribution is -2.57. The predicted molar refractivity (Wildman–Crippen MR) is 108 cm³/mol. The second-order valence-electron chi connectivity index (χ2n) is 9.79. The van der Waals surface area contributed by atoms with Crippen LogP contribution in [-0.2, 0) is 4.79 Å². The first-order chi connectivity index (χ1) is 11.8. The Morgan fingerprint density at radius 1 is 1.04 bits per heavy atom. The van der Waals surface area contributed by atoms with Gasteiger partial charge in [-0.05, 0) is 100.0 Å². The van der Waals surface area contributed by atoms with Crippen molar-refractivity contribution >= 4 is 6.79 Å². The maximum absolute atomic E-state index is 8.00. The van der Waals surface area contributed by atoms with Gasteiger partial charge in [0.1, 0.15) is 6.79 Å². The van der Waals surface area contributed by atoms with Crippen molar-refractivity contribution in [1.29, 1.82) is 0 Å². The molecule has 3 rings (SSSR count). The third-order valence-corrected chi connectivity index (χ3v) is 8.80. The monoisotopic (exact) mass is 347 g/mol. The summed E-state index contributed by atoms with van der Waals surface area (Å²) in [7, 11) is 4.61. The Bertz CT molecular complexity index is 461. The van der Waals surface area contributed by atoms with Gasteiger partial charge in [0, 0.05) is 6.04 Å². The van der Waals surface area contributed by atoms with Crippen LogP contribution in [-0.4, -0.2) is 31.8 Å². The molecule has 2 nitrogen and oxygen atoms in total. The topological polar surface area (TPSA) is 20.3 Å². The Balaban J connectivity index is 0.00000109. The van der Waals surface area contributed by atoms with Crippen LogP contribution in [0.3, 0.4) is 0 Å². The highest BCUT2D eigenvalue weighted by molar-refractivity contribution is 5.11. The van der Waals surface area contributed by atoms with E-state index in [1.165, 1.54) is 51.4 Å². The minimum atomic E-state index is 0.480. The van der Waals surface area contributed by atoms with Crippen molar-refractivity contribution in [2.45, 2.75) is 78.2 Å². The zero-order valence-corrected chi connectivity index (χ0v) is 17.4. The molecule has 144 valence electrons. The molecule has 25 heavy (non-hydrogen) atoms. The number of fused-ring (bicyclic) bond motifs is 3. The number of nitrogens with zero attached hydrogens (tertiary/aromatic N) is 1. The van der Waals surface area contributed by atoms with Crippen molar-refractivity contribution in [3.63, 3.8) is 0 Å². The summed E-state index contributed by atoms with van der Waals surface area (Å²) >= 11 is 0. The molecule has 0 saturated heterocycles. The highest BCUT2D eigenvalue weighted by Gasteiger charge is 2.58. The van der Waals surface area contributed by atoms with Gasteiger partial charge in [0.15, 0.2) is 0 Å². The normalized spacial score (nSPS) is 45.9. The van der Waals surface area contributed by atoms with Gasteiger partial charge < -0.3 is 9.69 Å². The second kappa shape index (κ2) is 7.94. The summed E-state index contributed by atoms with van der Waals surface area (Å²) in [6, 6.07) is 0.756. The summed E-state index contributed by atoms with van der Waals surface area (Å²) < 4.78 is 0. The molecule has 0 N–H and O–H groups in total. The highest BCUT2D eigenvalue weighted by Crippen LogP contribution is 2.65. The van der Waals surface area contributed by atoms with Crippen LogP contribution in [0.5, 0.6) is 0 Å². The van der Waals surface area contributed by atoms with Gasteiger partial charge in [0.2, 0.25) is 0 Å². The summed E-state index contributed by atoms with van der Waals surface area (Å²) in [5.74, 6) is 3.87. The predicted octanol–water partition coefficient (Wildman–Crippen LogP) is 5.58. The van der Waals surface area contributed by atoms with Gasteiger partial charge in [0.25, 0.3) is 0 Å². The fourth-order valence-electron chi connectivity index (χ4n) is 7.31.